The Morgan fingerprint density at radius 1 is 1.47 bits per heavy atom. The molecule has 0 amide bonds. The molecule has 0 saturated carbocycles. The van der Waals surface area contributed by atoms with Crippen molar-refractivity contribution in [3.8, 4) is 11.8 Å². The number of nitriles is 1. The van der Waals surface area contributed by atoms with Gasteiger partial charge in [-0.1, -0.05) is 11.6 Å². The summed E-state index contributed by atoms with van der Waals surface area (Å²) in [5, 5.41) is 8.46. The largest absolute Gasteiger partial charge is 0.573 e. The van der Waals surface area contributed by atoms with E-state index in [2.05, 4.69) is 9.47 Å². The first-order valence-electron chi connectivity index (χ1n) is 4.95. The molecular formula is C11H7ClF3NO3. The maximum Gasteiger partial charge on any atom is 0.573 e. The summed E-state index contributed by atoms with van der Waals surface area (Å²) < 4.78 is 45.2. The van der Waals surface area contributed by atoms with Gasteiger partial charge in [-0.15, -0.1) is 13.2 Å². The first-order chi connectivity index (χ1) is 8.80. The molecule has 0 unspecified atom stereocenters. The van der Waals surface area contributed by atoms with Gasteiger partial charge >= 0.3 is 12.3 Å². The highest BCUT2D eigenvalue weighted by Crippen LogP contribution is 2.34. The first kappa shape index (κ1) is 15.1. The molecule has 102 valence electrons. The maximum atomic E-state index is 12.3. The molecule has 0 aliphatic carbocycles. The van der Waals surface area contributed by atoms with Crippen LogP contribution in [0, 0.1) is 11.3 Å². The molecule has 0 fully saturated rings. The fourth-order valence-corrected chi connectivity index (χ4v) is 1.49. The molecule has 0 bridgehead atoms. The number of halogens is 4. The van der Waals surface area contributed by atoms with Crippen molar-refractivity contribution in [2.75, 3.05) is 6.61 Å². The van der Waals surface area contributed by atoms with Gasteiger partial charge in [0, 0.05) is 0 Å². The molecule has 0 radical (unpaired) electrons. The fourth-order valence-electron chi connectivity index (χ4n) is 1.26. The number of nitrogens with zero attached hydrogens (tertiary/aromatic N) is 1. The van der Waals surface area contributed by atoms with Crippen LogP contribution in [-0.4, -0.2) is 18.9 Å². The van der Waals surface area contributed by atoms with Crippen LogP contribution in [0.4, 0.5) is 13.2 Å². The number of benzene rings is 1. The summed E-state index contributed by atoms with van der Waals surface area (Å²) in [6, 6.07) is 3.63. The Labute approximate surface area is 111 Å². The molecule has 1 rings (SSSR count). The molecule has 1 aromatic carbocycles. The first-order valence-corrected chi connectivity index (χ1v) is 5.33. The van der Waals surface area contributed by atoms with E-state index >= 15 is 0 Å². The summed E-state index contributed by atoms with van der Waals surface area (Å²) >= 11 is 5.66. The second-order valence-electron chi connectivity index (χ2n) is 3.18. The minimum absolute atomic E-state index is 0.0581. The van der Waals surface area contributed by atoms with E-state index in [1.807, 2.05) is 0 Å². The minimum atomic E-state index is -5.06. The second-order valence-corrected chi connectivity index (χ2v) is 3.59. The normalized spacial score (nSPS) is 10.7. The van der Waals surface area contributed by atoms with Gasteiger partial charge in [0.15, 0.2) is 5.75 Å². The van der Waals surface area contributed by atoms with Gasteiger partial charge in [0.2, 0.25) is 0 Å². The van der Waals surface area contributed by atoms with Gasteiger partial charge in [-0.2, -0.15) is 5.26 Å². The molecule has 0 heterocycles. The van der Waals surface area contributed by atoms with Crippen LogP contribution in [0.15, 0.2) is 12.1 Å². The van der Waals surface area contributed by atoms with Crippen molar-refractivity contribution in [1.82, 2.24) is 0 Å². The van der Waals surface area contributed by atoms with Gasteiger partial charge in [-0.05, 0) is 19.1 Å². The summed E-state index contributed by atoms with van der Waals surface area (Å²) in [4.78, 5) is 11.6. The minimum Gasteiger partial charge on any atom is -0.462 e. The fraction of sp³-hybridized carbons (Fsp3) is 0.273. The third-order valence-electron chi connectivity index (χ3n) is 1.92. The average molecular weight is 294 g/mol. The number of hydrogen-bond donors (Lipinski definition) is 0. The Kier molecular flexibility index (Phi) is 4.62. The molecule has 4 nitrogen and oxygen atoms in total. The van der Waals surface area contributed by atoms with Crippen LogP contribution in [-0.2, 0) is 4.74 Å². The van der Waals surface area contributed by atoms with Crippen molar-refractivity contribution < 1.29 is 27.4 Å². The van der Waals surface area contributed by atoms with Gasteiger partial charge in [0.1, 0.15) is 11.6 Å². The van der Waals surface area contributed by atoms with Crippen LogP contribution in [0.3, 0.4) is 0 Å². The zero-order valence-electron chi connectivity index (χ0n) is 9.55. The van der Waals surface area contributed by atoms with Gasteiger partial charge in [-0.3, -0.25) is 0 Å². The van der Waals surface area contributed by atoms with Gasteiger partial charge < -0.3 is 9.47 Å². The zero-order valence-corrected chi connectivity index (χ0v) is 10.3. The molecule has 0 N–H and O–H groups in total. The Hall–Kier alpha value is -1.94. The standard InChI is InChI=1S/C11H7ClF3NO3/c1-2-18-10(17)8-7(12)4-3-6(5-16)9(8)19-11(13,14)15/h3-4H,2H2,1H3. The third-order valence-corrected chi connectivity index (χ3v) is 2.24. The lowest BCUT2D eigenvalue weighted by atomic mass is 10.1. The lowest BCUT2D eigenvalue weighted by Crippen LogP contribution is -2.20. The summed E-state index contributed by atoms with van der Waals surface area (Å²) in [5.41, 5.74) is -1.09. The van der Waals surface area contributed by atoms with E-state index in [9.17, 15) is 18.0 Å². The Balaban J connectivity index is 3.42. The lowest BCUT2D eigenvalue weighted by Gasteiger charge is -2.14. The van der Waals surface area contributed by atoms with Crippen LogP contribution in [0.1, 0.15) is 22.8 Å². The van der Waals surface area contributed by atoms with Crippen LogP contribution in [0.5, 0.6) is 5.75 Å². The number of ether oxygens (including phenoxy) is 2. The van der Waals surface area contributed by atoms with Crippen molar-refractivity contribution in [2.24, 2.45) is 0 Å². The quantitative estimate of drug-likeness (QED) is 0.802. The van der Waals surface area contributed by atoms with Crippen molar-refractivity contribution in [3.05, 3.63) is 28.3 Å². The molecular weight excluding hydrogens is 287 g/mol. The number of hydrogen-bond acceptors (Lipinski definition) is 4. The predicted molar refractivity (Wildman–Crippen MR) is 58.8 cm³/mol. The van der Waals surface area contributed by atoms with Crippen molar-refractivity contribution >= 4 is 17.6 Å². The summed E-state index contributed by atoms with van der Waals surface area (Å²) in [7, 11) is 0. The Morgan fingerprint density at radius 3 is 2.58 bits per heavy atom. The highest BCUT2D eigenvalue weighted by molar-refractivity contribution is 6.34. The topological polar surface area (TPSA) is 59.3 Å². The zero-order chi connectivity index (χ0) is 14.6. The van der Waals surface area contributed by atoms with Crippen LogP contribution in [0.25, 0.3) is 0 Å². The lowest BCUT2D eigenvalue weighted by molar-refractivity contribution is -0.274. The monoisotopic (exact) mass is 293 g/mol. The number of carbonyl (C=O) groups is 1. The second kappa shape index (κ2) is 5.80. The number of alkyl halides is 3. The average Bonchev–Trinajstić information content (AvgIpc) is 2.27. The third kappa shape index (κ3) is 3.76. The van der Waals surface area contributed by atoms with Gasteiger partial charge in [-0.25, -0.2) is 4.79 Å². The van der Waals surface area contributed by atoms with Crippen molar-refractivity contribution in [2.45, 2.75) is 13.3 Å². The summed E-state index contributed by atoms with van der Waals surface area (Å²) in [6.07, 6.45) is -5.06. The molecule has 19 heavy (non-hydrogen) atoms. The smallest absolute Gasteiger partial charge is 0.462 e. The van der Waals surface area contributed by atoms with E-state index in [4.69, 9.17) is 16.9 Å². The van der Waals surface area contributed by atoms with Crippen molar-refractivity contribution in [1.29, 1.82) is 5.26 Å². The molecule has 0 aliphatic heterocycles. The predicted octanol–water partition coefficient (Wildman–Crippen LogP) is 3.29. The molecule has 0 spiro atoms. The highest BCUT2D eigenvalue weighted by Gasteiger charge is 2.35. The van der Waals surface area contributed by atoms with Crippen molar-refractivity contribution in [3.63, 3.8) is 0 Å². The molecule has 0 saturated heterocycles. The van der Waals surface area contributed by atoms with Crippen LogP contribution < -0.4 is 4.74 Å². The van der Waals surface area contributed by atoms with E-state index in [0.29, 0.717) is 0 Å². The number of esters is 1. The highest BCUT2D eigenvalue weighted by atomic mass is 35.5. The summed E-state index contributed by atoms with van der Waals surface area (Å²) in [6.45, 7) is 1.42. The van der Waals surface area contributed by atoms with Crippen LogP contribution >= 0.6 is 11.6 Å². The van der Waals surface area contributed by atoms with E-state index in [0.717, 1.165) is 12.1 Å². The van der Waals surface area contributed by atoms with Gasteiger partial charge in [0.25, 0.3) is 0 Å². The van der Waals surface area contributed by atoms with E-state index < -0.39 is 29.2 Å². The van der Waals surface area contributed by atoms with Gasteiger partial charge in [0.05, 0.1) is 17.2 Å². The Bertz CT molecular complexity index is 537. The van der Waals surface area contributed by atoms with Crippen LogP contribution in [0.2, 0.25) is 5.02 Å². The molecule has 0 aliphatic rings. The maximum absolute atomic E-state index is 12.3. The summed E-state index contributed by atoms with van der Waals surface area (Å²) in [5.74, 6) is -2.05. The Morgan fingerprint density at radius 2 is 2.11 bits per heavy atom. The molecule has 0 atom stereocenters. The molecule has 8 heteroatoms. The van der Waals surface area contributed by atoms with E-state index in [-0.39, 0.29) is 11.6 Å². The molecule has 0 aromatic heterocycles. The number of rotatable bonds is 3. The molecule has 1 aromatic rings. The number of carbonyl (C=O) groups excluding carboxylic acids is 1. The van der Waals surface area contributed by atoms with E-state index in [1.165, 1.54) is 13.0 Å². The SMILES string of the molecule is CCOC(=O)c1c(Cl)ccc(C#N)c1OC(F)(F)F. The van der Waals surface area contributed by atoms with E-state index in [1.54, 1.807) is 0 Å².